The number of nitrogens with two attached hydrogens (primary N) is 1. The van der Waals surface area contributed by atoms with Gasteiger partial charge in [0.25, 0.3) is 5.91 Å². The number of para-hydroxylation sites is 1. The van der Waals surface area contributed by atoms with Gasteiger partial charge in [-0.3, -0.25) is 39.4 Å². The Bertz CT molecular complexity index is 2250. The fraction of sp³-hybridized carbons (Fsp3) is 0.500. The number of amides is 6. The molecule has 64 heavy (non-hydrogen) atoms. The van der Waals surface area contributed by atoms with Crippen molar-refractivity contribution < 1.29 is 43.0 Å². The van der Waals surface area contributed by atoms with Crippen LogP contribution in [0, 0.1) is 5.92 Å². The minimum absolute atomic E-state index is 0.0107. The summed E-state index contributed by atoms with van der Waals surface area (Å²) >= 11 is 0. The quantitative estimate of drug-likeness (QED) is 0.0927. The summed E-state index contributed by atoms with van der Waals surface area (Å²) in [6.07, 6.45) is 3.18. The summed E-state index contributed by atoms with van der Waals surface area (Å²) in [5.41, 5.74) is 8.99. The van der Waals surface area contributed by atoms with Crippen LogP contribution in [0.1, 0.15) is 85.3 Å². The van der Waals surface area contributed by atoms with Crippen molar-refractivity contribution in [3.63, 3.8) is 0 Å². The van der Waals surface area contributed by atoms with Gasteiger partial charge in [-0.05, 0) is 75.3 Å². The summed E-state index contributed by atoms with van der Waals surface area (Å²) in [6.45, 7) is 7.50. The van der Waals surface area contributed by atoms with E-state index in [9.17, 15) is 24.0 Å². The van der Waals surface area contributed by atoms with Gasteiger partial charge in [0.2, 0.25) is 29.5 Å². The van der Waals surface area contributed by atoms with E-state index < -0.39 is 40.8 Å². The molecule has 5 aliphatic rings. The Morgan fingerprint density at radius 2 is 1.47 bits per heavy atom. The summed E-state index contributed by atoms with van der Waals surface area (Å²) in [4.78, 5) is 81.9. The van der Waals surface area contributed by atoms with Crippen LogP contribution in [-0.2, 0) is 50.1 Å². The first-order valence-electron chi connectivity index (χ1n) is 22.5. The number of anilines is 2. The van der Waals surface area contributed by atoms with Crippen molar-refractivity contribution in [1.82, 2.24) is 20.9 Å². The van der Waals surface area contributed by atoms with E-state index in [0.29, 0.717) is 96.9 Å². The molecule has 16 nitrogen and oxygen atoms in total. The molecule has 8 rings (SSSR count). The lowest BCUT2D eigenvalue weighted by molar-refractivity contribution is -0.137. The van der Waals surface area contributed by atoms with E-state index in [1.54, 1.807) is 12.1 Å². The van der Waals surface area contributed by atoms with Crippen LogP contribution in [-0.4, -0.2) is 117 Å². The van der Waals surface area contributed by atoms with Gasteiger partial charge in [-0.2, -0.15) is 0 Å². The molecule has 4 heterocycles. The Hall–Kier alpha value is -5.68. The highest BCUT2D eigenvalue weighted by atomic mass is 16.5. The number of hydrogen-bond acceptors (Lipinski definition) is 11. The van der Waals surface area contributed by atoms with Crippen molar-refractivity contribution in [2.75, 3.05) is 62.9 Å². The normalized spacial score (nSPS) is 25.9. The number of carbonyl (C=O) groups excluding carboxylic acids is 6. The molecule has 0 radical (unpaired) electrons. The predicted octanol–water partition coefficient (Wildman–Crippen LogP) is 2.89. The topological polar surface area (TPSA) is 211 Å². The van der Waals surface area contributed by atoms with Crippen LogP contribution in [0.3, 0.4) is 0 Å². The lowest BCUT2D eigenvalue weighted by Crippen LogP contribution is -2.58. The number of ether oxygens (including phenoxy) is 3. The number of nitrogens with one attached hydrogen (secondary N) is 4. The van der Waals surface area contributed by atoms with Crippen LogP contribution in [0.25, 0.3) is 0 Å². The third-order valence-corrected chi connectivity index (χ3v) is 13.8. The second-order valence-electron chi connectivity index (χ2n) is 17.8. The number of imide groups is 1. The van der Waals surface area contributed by atoms with Gasteiger partial charge < -0.3 is 40.4 Å². The molecule has 3 fully saturated rings. The van der Waals surface area contributed by atoms with Gasteiger partial charge in [0, 0.05) is 72.0 Å². The number of carbonyl (C=O) groups is 6. The Kier molecular flexibility index (Phi) is 13.5. The molecule has 4 aliphatic heterocycles. The number of fused-ring (bicyclic) bond motifs is 3. The zero-order chi connectivity index (χ0) is 45.0. The van der Waals surface area contributed by atoms with Crippen molar-refractivity contribution in [3.8, 4) is 0 Å². The van der Waals surface area contributed by atoms with E-state index in [1.165, 1.54) is 4.90 Å². The monoisotopic (exact) mass is 877 g/mol. The van der Waals surface area contributed by atoms with Gasteiger partial charge >= 0.3 is 0 Å². The second kappa shape index (κ2) is 19.2. The summed E-state index contributed by atoms with van der Waals surface area (Å²) in [7, 11) is 0. The maximum atomic E-state index is 15.1. The molecule has 2 saturated heterocycles. The summed E-state index contributed by atoms with van der Waals surface area (Å²) in [6, 6.07) is 21.6. The molecule has 1 spiro atoms. The van der Waals surface area contributed by atoms with Gasteiger partial charge in [0.15, 0.2) is 0 Å². The van der Waals surface area contributed by atoms with Crippen LogP contribution >= 0.6 is 0 Å². The SMILES string of the molecule is CC1(C)N[C@@H](C(N)=O)[C@H](c2ccccc2)[C@]12C(=O)N(C1CCC(C(=O)NCCOCCOCCOCCNc3cccc4c3CN(C3CCC(=O)NC3=O)C4=O)CC1)c1ccccc12. The van der Waals surface area contributed by atoms with Crippen LogP contribution < -0.4 is 31.9 Å². The Morgan fingerprint density at radius 1 is 0.797 bits per heavy atom. The standard InChI is InChI=1S/C48H59N7O9/c1-47(2)48(40(41(53-47)42(49)57)30-9-4-3-5-10-30)35-12-6-7-14-37(35)55(46(48)61)32-17-15-31(16-18-32)43(58)51-22-24-63-26-28-64-27-25-62-23-21-50-36-13-8-11-33-34(36)29-54(45(33)60)38-19-20-39(56)52-44(38)59/h3-14,31-32,38,40-41,50,53H,15-29H2,1-2H3,(H2,49,57)(H,51,58)(H,52,56,59)/t31?,32?,38?,40-,41+,48+/m0/s1. The lowest BCUT2D eigenvalue weighted by atomic mass is 9.60. The minimum atomic E-state index is -1.07. The molecule has 0 bridgehead atoms. The Morgan fingerprint density at radius 3 is 2.17 bits per heavy atom. The van der Waals surface area contributed by atoms with E-state index in [1.807, 2.05) is 79.4 Å². The summed E-state index contributed by atoms with van der Waals surface area (Å²) in [5, 5.41) is 12.2. The maximum absolute atomic E-state index is 15.1. The number of nitrogens with zero attached hydrogens (tertiary/aromatic N) is 2. The molecule has 6 amide bonds. The van der Waals surface area contributed by atoms with E-state index in [-0.39, 0.29) is 42.0 Å². The smallest absolute Gasteiger partial charge is 0.255 e. The second-order valence-corrected chi connectivity index (χ2v) is 17.8. The number of benzene rings is 3. The average Bonchev–Trinajstić information content (AvgIpc) is 3.86. The number of primary amides is 1. The fourth-order valence-corrected chi connectivity index (χ4v) is 10.8. The molecular formula is C48H59N7O9. The summed E-state index contributed by atoms with van der Waals surface area (Å²) in [5.74, 6) is -2.16. The van der Waals surface area contributed by atoms with Gasteiger partial charge in [-0.1, -0.05) is 54.6 Å². The van der Waals surface area contributed by atoms with E-state index in [2.05, 4.69) is 21.3 Å². The van der Waals surface area contributed by atoms with E-state index in [4.69, 9.17) is 19.9 Å². The molecule has 1 unspecified atom stereocenters. The third-order valence-electron chi connectivity index (χ3n) is 13.8. The molecule has 16 heteroatoms. The van der Waals surface area contributed by atoms with Crippen molar-refractivity contribution in [1.29, 1.82) is 0 Å². The van der Waals surface area contributed by atoms with Crippen molar-refractivity contribution in [2.45, 2.75) is 93.9 Å². The van der Waals surface area contributed by atoms with Gasteiger partial charge in [-0.25, -0.2) is 0 Å². The Balaban J connectivity index is 0.716. The zero-order valence-electron chi connectivity index (χ0n) is 36.6. The minimum Gasteiger partial charge on any atom is -0.382 e. The van der Waals surface area contributed by atoms with Gasteiger partial charge in [0.05, 0.1) is 45.7 Å². The van der Waals surface area contributed by atoms with E-state index in [0.717, 1.165) is 28.1 Å². The molecule has 340 valence electrons. The molecule has 1 aliphatic carbocycles. The van der Waals surface area contributed by atoms with Crippen molar-refractivity contribution in [3.05, 3.63) is 95.1 Å². The summed E-state index contributed by atoms with van der Waals surface area (Å²) < 4.78 is 17.0. The molecule has 6 N–H and O–H groups in total. The molecule has 0 aromatic heterocycles. The van der Waals surface area contributed by atoms with Crippen LogP contribution in [0.4, 0.5) is 11.4 Å². The predicted molar refractivity (Wildman–Crippen MR) is 237 cm³/mol. The molecular weight excluding hydrogens is 819 g/mol. The highest BCUT2D eigenvalue weighted by Crippen LogP contribution is 2.60. The number of hydrogen-bond donors (Lipinski definition) is 5. The maximum Gasteiger partial charge on any atom is 0.255 e. The molecule has 3 aromatic rings. The largest absolute Gasteiger partial charge is 0.382 e. The fourth-order valence-electron chi connectivity index (χ4n) is 10.8. The number of rotatable bonds is 18. The number of piperidine rings is 1. The highest BCUT2D eigenvalue weighted by molar-refractivity contribution is 6.12. The third kappa shape index (κ3) is 8.51. The molecule has 3 aromatic carbocycles. The Labute approximate surface area is 373 Å². The van der Waals surface area contributed by atoms with E-state index >= 15 is 4.79 Å². The lowest BCUT2D eigenvalue weighted by Gasteiger charge is -2.42. The van der Waals surface area contributed by atoms with Gasteiger partial charge in [0.1, 0.15) is 11.5 Å². The first-order chi connectivity index (χ1) is 30.9. The van der Waals surface area contributed by atoms with Crippen molar-refractivity contribution >= 4 is 46.8 Å². The van der Waals surface area contributed by atoms with Crippen LogP contribution in [0.2, 0.25) is 0 Å². The van der Waals surface area contributed by atoms with Crippen molar-refractivity contribution in [2.24, 2.45) is 11.7 Å². The zero-order valence-corrected chi connectivity index (χ0v) is 36.6. The highest BCUT2D eigenvalue weighted by Gasteiger charge is 2.70. The first-order valence-corrected chi connectivity index (χ1v) is 22.5. The molecule has 4 atom stereocenters. The van der Waals surface area contributed by atoms with Crippen LogP contribution in [0.15, 0.2) is 72.8 Å². The molecule has 1 saturated carbocycles. The first kappa shape index (κ1) is 44.9. The average molecular weight is 878 g/mol. The van der Waals surface area contributed by atoms with Gasteiger partial charge in [-0.15, -0.1) is 0 Å². The van der Waals surface area contributed by atoms with Crippen LogP contribution in [0.5, 0.6) is 0 Å².